The van der Waals surface area contributed by atoms with E-state index in [-0.39, 0.29) is 11.2 Å². The molecule has 0 amide bonds. The summed E-state index contributed by atoms with van der Waals surface area (Å²) in [6.07, 6.45) is 1.61. The minimum atomic E-state index is -0.202. The molecule has 1 saturated heterocycles. The summed E-state index contributed by atoms with van der Waals surface area (Å²) in [5.41, 5.74) is 1.73. The lowest BCUT2D eigenvalue weighted by atomic mass is 9.84. The molecule has 1 aromatic carbocycles. The second kappa shape index (κ2) is 8.52. The van der Waals surface area contributed by atoms with E-state index >= 15 is 0 Å². The molecular weight excluding hydrogens is 345 g/mol. The Morgan fingerprint density at radius 1 is 1.26 bits per heavy atom. The van der Waals surface area contributed by atoms with Crippen LogP contribution in [-0.2, 0) is 12.0 Å². The van der Waals surface area contributed by atoms with Crippen molar-refractivity contribution >= 4 is 5.96 Å². The molecule has 6 nitrogen and oxygen atoms in total. The number of hydrogen-bond donors (Lipinski definition) is 1. The summed E-state index contributed by atoms with van der Waals surface area (Å²) in [4.78, 5) is 9.06. The van der Waals surface area contributed by atoms with E-state index in [1.54, 1.807) is 25.4 Å². The molecule has 2 heterocycles. The number of guanidine groups is 1. The van der Waals surface area contributed by atoms with Crippen LogP contribution in [0.1, 0.15) is 25.1 Å². The highest BCUT2D eigenvalue weighted by Crippen LogP contribution is 2.23. The number of aromatic nitrogens is 1. The van der Waals surface area contributed by atoms with Crippen molar-refractivity contribution in [3.63, 3.8) is 0 Å². The van der Waals surface area contributed by atoms with Gasteiger partial charge >= 0.3 is 0 Å². The summed E-state index contributed by atoms with van der Waals surface area (Å²) in [5.74, 6) is 0.689. The van der Waals surface area contributed by atoms with Gasteiger partial charge in [0, 0.05) is 57.8 Å². The van der Waals surface area contributed by atoms with Crippen LogP contribution in [0.4, 0.5) is 4.39 Å². The number of rotatable bonds is 5. The normalized spacial score (nSPS) is 16.6. The molecule has 1 aliphatic rings. The van der Waals surface area contributed by atoms with Gasteiger partial charge < -0.3 is 14.7 Å². The summed E-state index contributed by atoms with van der Waals surface area (Å²) < 4.78 is 18.5. The zero-order chi connectivity index (χ0) is 19.3. The first-order valence-corrected chi connectivity index (χ1v) is 9.31. The number of aliphatic imine (C=N–C) groups is 1. The van der Waals surface area contributed by atoms with E-state index in [9.17, 15) is 4.39 Å². The summed E-state index contributed by atoms with van der Waals surface area (Å²) in [6, 6.07) is 8.71. The van der Waals surface area contributed by atoms with Gasteiger partial charge in [-0.05, 0) is 17.7 Å². The van der Waals surface area contributed by atoms with E-state index in [2.05, 4.69) is 39.1 Å². The molecule has 3 rings (SSSR count). The molecule has 1 fully saturated rings. The first kappa shape index (κ1) is 19.4. The highest BCUT2D eigenvalue weighted by Gasteiger charge is 2.24. The Bertz CT molecular complexity index is 751. The van der Waals surface area contributed by atoms with E-state index in [4.69, 9.17) is 4.52 Å². The minimum Gasteiger partial charge on any atom is -0.364 e. The molecule has 27 heavy (non-hydrogen) atoms. The van der Waals surface area contributed by atoms with Gasteiger partial charge in [-0.25, -0.2) is 4.39 Å². The fourth-order valence-corrected chi connectivity index (χ4v) is 3.31. The summed E-state index contributed by atoms with van der Waals surface area (Å²) in [5, 5.41) is 7.44. The predicted molar refractivity (Wildman–Crippen MR) is 104 cm³/mol. The zero-order valence-electron chi connectivity index (χ0n) is 16.3. The van der Waals surface area contributed by atoms with Gasteiger partial charge in [-0.1, -0.05) is 31.1 Å². The van der Waals surface area contributed by atoms with Crippen molar-refractivity contribution in [3.8, 4) is 0 Å². The smallest absolute Gasteiger partial charge is 0.193 e. The Balaban J connectivity index is 1.52. The number of hydrogen-bond acceptors (Lipinski definition) is 4. The number of halogens is 1. The van der Waals surface area contributed by atoms with Crippen molar-refractivity contribution in [3.05, 3.63) is 53.7 Å². The fraction of sp³-hybridized carbons (Fsp3) is 0.500. The van der Waals surface area contributed by atoms with Crippen molar-refractivity contribution in [1.29, 1.82) is 0 Å². The van der Waals surface area contributed by atoms with Crippen LogP contribution in [0.25, 0.3) is 0 Å². The van der Waals surface area contributed by atoms with E-state index in [1.807, 2.05) is 12.1 Å². The van der Waals surface area contributed by atoms with Crippen LogP contribution in [0.3, 0.4) is 0 Å². The maximum atomic E-state index is 13.6. The standard InChI is InChI=1S/C20H28FN5O/c1-20(2,16-5-4-6-17(21)13-16)15-23-19(22-3)26-10-8-25(9-11-26)14-18-7-12-27-24-18/h4-7,12-13H,8-11,14-15H2,1-3H3,(H,22,23). The van der Waals surface area contributed by atoms with Gasteiger partial charge in [0.15, 0.2) is 5.96 Å². The SMILES string of the molecule is CN=C(NCC(C)(C)c1cccc(F)c1)N1CCN(Cc2ccon2)CC1. The molecule has 1 aromatic heterocycles. The zero-order valence-corrected chi connectivity index (χ0v) is 16.3. The van der Waals surface area contributed by atoms with Crippen LogP contribution >= 0.6 is 0 Å². The molecule has 1 aliphatic heterocycles. The van der Waals surface area contributed by atoms with E-state index < -0.39 is 0 Å². The monoisotopic (exact) mass is 373 g/mol. The van der Waals surface area contributed by atoms with E-state index in [0.717, 1.165) is 49.9 Å². The van der Waals surface area contributed by atoms with Gasteiger partial charge in [-0.3, -0.25) is 9.89 Å². The third kappa shape index (κ3) is 5.07. The lowest BCUT2D eigenvalue weighted by Gasteiger charge is -2.37. The Morgan fingerprint density at radius 2 is 2.04 bits per heavy atom. The number of piperazine rings is 1. The molecule has 2 aromatic rings. The minimum absolute atomic E-state index is 0.201. The molecule has 146 valence electrons. The molecule has 0 radical (unpaired) electrons. The Hall–Kier alpha value is -2.41. The fourth-order valence-electron chi connectivity index (χ4n) is 3.31. The predicted octanol–water partition coefficient (Wildman–Crippen LogP) is 2.48. The largest absolute Gasteiger partial charge is 0.364 e. The van der Waals surface area contributed by atoms with E-state index in [0.29, 0.717) is 6.54 Å². The van der Waals surface area contributed by atoms with Crippen LogP contribution in [0.15, 0.2) is 46.1 Å². The van der Waals surface area contributed by atoms with E-state index in [1.165, 1.54) is 6.07 Å². The van der Waals surface area contributed by atoms with Gasteiger partial charge in [0.05, 0.1) is 5.69 Å². The first-order valence-electron chi connectivity index (χ1n) is 9.31. The molecule has 0 saturated carbocycles. The average molecular weight is 373 g/mol. The third-order valence-electron chi connectivity index (χ3n) is 5.06. The first-order chi connectivity index (χ1) is 13.0. The van der Waals surface area contributed by atoms with Gasteiger partial charge in [-0.15, -0.1) is 0 Å². The lowest BCUT2D eigenvalue weighted by Crippen LogP contribution is -2.53. The number of nitrogens with zero attached hydrogens (tertiary/aromatic N) is 4. The van der Waals surface area contributed by atoms with Gasteiger partial charge in [0.2, 0.25) is 0 Å². The molecular formula is C20H28FN5O. The molecule has 7 heteroatoms. The molecule has 0 atom stereocenters. The highest BCUT2D eigenvalue weighted by molar-refractivity contribution is 5.80. The van der Waals surface area contributed by atoms with Crippen molar-refractivity contribution < 1.29 is 8.91 Å². The van der Waals surface area contributed by atoms with Crippen molar-refractivity contribution in [1.82, 2.24) is 20.3 Å². The third-order valence-corrected chi connectivity index (χ3v) is 5.06. The summed E-state index contributed by atoms with van der Waals surface area (Å²) in [7, 11) is 1.80. The highest BCUT2D eigenvalue weighted by atomic mass is 19.1. The van der Waals surface area contributed by atoms with Crippen molar-refractivity contribution in [2.75, 3.05) is 39.8 Å². The topological polar surface area (TPSA) is 56.9 Å². The van der Waals surface area contributed by atoms with Crippen LogP contribution in [0, 0.1) is 5.82 Å². The number of nitrogens with one attached hydrogen (secondary N) is 1. The lowest BCUT2D eigenvalue weighted by molar-refractivity contribution is 0.168. The second-order valence-corrected chi connectivity index (χ2v) is 7.55. The molecule has 0 spiro atoms. The summed E-state index contributed by atoms with van der Waals surface area (Å²) in [6.45, 7) is 9.40. The maximum absolute atomic E-state index is 13.6. The molecule has 0 bridgehead atoms. The van der Waals surface area contributed by atoms with Crippen molar-refractivity contribution in [2.45, 2.75) is 25.8 Å². The van der Waals surface area contributed by atoms with Crippen LogP contribution in [-0.4, -0.2) is 60.7 Å². The number of benzene rings is 1. The molecule has 1 N–H and O–H groups in total. The Kier molecular flexibility index (Phi) is 6.11. The quantitative estimate of drug-likeness (QED) is 0.645. The molecule has 0 aliphatic carbocycles. The van der Waals surface area contributed by atoms with Gasteiger partial charge in [-0.2, -0.15) is 0 Å². The van der Waals surface area contributed by atoms with Crippen LogP contribution in [0.2, 0.25) is 0 Å². The summed E-state index contributed by atoms with van der Waals surface area (Å²) >= 11 is 0. The molecule has 0 unspecified atom stereocenters. The second-order valence-electron chi connectivity index (χ2n) is 7.55. The Labute approximate surface area is 160 Å². The van der Waals surface area contributed by atoms with Crippen molar-refractivity contribution in [2.24, 2.45) is 4.99 Å². The maximum Gasteiger partial charge on any atom is 0.193 e. The van der Waals surface area contributed by atoms with Gasteiger partial charge in [0.25, 0.3) is 0 Å². The Morgan fingerprint density at radius 3 is 2.67 bits per heavy atom. The average Bonchev–Trinajstić information content (AvgIpc) is 3.16. The van der Waals surface area contributed by atoms with Gasteiger partial charge in [0.1, 0.15) is 12.1 Å². The van der Waals surface area contributed by atoms with Crippen LogP contribution in [0.5, 0.6) is 0 Å². The van der Waals surface area contributed by atoms with Crippen LogP contribution < -0.4 is 5.32 Å².